The van der Waals surface area contributed by atoms with Crippen molar-refractivity contribution in [2.45, 2.75) is 19.9 Å². The lowest BCUT2D eigenvalue weighted by Gasteiger charge is -2.05. The van der Waals surface area contributed by atoms with Gasteiger partial charge in [0, 0.05) is 32.4 Å². The van der Waals surface area contributed by atoms with Crippen LogP contribution in [0.5, 0.6) is 0 Å². The highest BCUT2D eigenvalue weighted by atomic mass is 16.1. The van der Waals surface area contributed by atoms with Crippen LogP contribution in [0.15, 0.2) is 24.5 Å². The predicted molar refractivity (Wildman–Crippen MR) is 77.5 cm³/mol. The van der Waals surface area contributed by atoms with E-state index < -0.39 is 0 Å². The molecule has 0 saturated heterocycles. The molecule has 0 saturated carbocycles. The van der Waals surface area contributed by atoms with Gasteiger partial charge in [0.15, 0.2) is 0 Å². The summed E-state index contributed by atoms with van der Waals surface area (Å²) in [6, 6.07) is 3.52. The molecule has 2 aromatic rings. The minimum absolute atomic E-state index is 0.182. The normalized spacial score (nSPS) is 10.3. The second-order valence-electron chi connectivity index (χ2n) is 4.49. The molecule has 0 atom stereocenters. The Morgan fingerprint density at radius 3 is 2.80 bits per heavy atom. The van der Waals surface area contributed by atoms with Crippen molar-refractivity contribution >= 4 is 11.6 Å². The summed E-state index contributed by atoms with van der Waals surface area (Å²) >= 11 is 0. The molecule has 6 nitrogen and oxygen atoms in total. The summed E-state index contributed by atoms with van der Waals surface area (Å²) in [6.07, 6.45) is 4.41. The summed E-state index contributed by atoms with van der Waals surface area (Å²) < 4.78 is 1.76. The second kappa shape index (κ2) is 6.18. The first kappa shape index (κ1) is 14.0. The van der Waals surface area contributed by atoms with Crippen LogP contribution in [0.3, 0.4) is 0 Å². The Morgan fingerprint density at radius 2 is 2.20 bits per heavy atom. The molecule has 106 valence electrons. The number of nitrogens with zero attached hydrogens (tertiary/aromatic N) is 3. The van der Waals surface area contributed by atoms with E-state index >= 15 is 0 Å². The van der Waals surface area contributed by atoms with Gasteiger partial charge in [0.25, 0.3) is 5.91 Å². The first-order valence-corrected chi connectivity index (χ1v) is 6.57. The highest BCUT2D eigenvalue weighted by Crippen LogP contribution is 2.08. The van der Waals surface area contributed by atoms with Gasteiger partial charge >= 0.3 is 0 Å². The number of pyridine rings is 1. The number of anilines is 1. The van der Waals surface area contributed by atoms with Crippen LogP contribution >= 0.6 is 0 Å². The Labute approximate surface area is 118 Å². The fourth-order valence-electron chi connectivity index (χ4n) is 1.97. The maximum absolute atomic E-state index is 12.0. The van der Waals surface area contributed by atoms with Crippen molar-refractivity contribution in [1.29, 1.82) is 0 Å². The van der Waals surface area contributed by atoms with Gasteiger partial charge in [0.1, 0.15) is 5.69 Å². The zero-order valence-corrected chi connectivity index (χ0v) is 12.0. The van der Waals surface area contributed by atoms with Gasteiger partial charge in [-0.2, -0.15) is 5.10 Å². The fraction of sp³-hybridized carbons (Fsp3) is 0.357. The molecule has 1 amide bonds. The second-order valence-corrected chi connectivity index (χ2v) is 4.49. The van der Waals surface area contributed by atoms with Crippen molar-refractivity contribution in [3.63, 3.8) is 0 Å². The Bertz CT molecular complexity index is 588. The van der Waals surface area contributed by atoms with E-state index in [4.69, 9.17) is 0 Å². The first-order valence-electron chi connectivity index (χ1n) is 6.57. The van der Waals surface area contributed by atoms with Gasteiger partial charge in [-0.05, 0) is 18.6 Å². The van der Waals surface area contributed by atoms with Crippen molar-refractivity contribution in [3.05, 3.63) is 41.5 Å². The third-order valence-corrected chi connectivity index (χ3v) is 3.05. The molecular formula is C14H19N5O. The molecular weight excluding hydrogens is 254 g/mol. The average Bonchev–Trinajstić information content (AvgIpc) is 2.85. The number of nitrogens with one attached hydrogen (secondary N) is 2. The number of hydrogen-bond acceptors (Lipinski definition) is 4. The Kier molecular flexibility index (Phi) is 4.34. The maximum Gasteiger partial charge on any atom is 0.270 e. The van der Waals surface area contributed by atoms with Crippen LogP contribution in [0.2, 0.25) is 0 Å². The summed E-state index contributed by atoms with van der Waals surface area (Å²) in [5, 5.41) is 10.2. The van der Waals surface area contributed by atoms with Crippen LogP contribution in [-0.4, -0.2) is 27.7 Å². The summed E-state index contributed by atoms with van der Waals surface area (Å²) in [7, 11) is 3.69. The van der Waals surface area contributed by atoms with Gasteiger partial charge in [-0.1, -0.05) is 6.92 Å². The van der Waals surface area contributed by atoms with Gasteiger partial charge in [0.2, 0.25) is 0 Å². The maximum atomic E-state index is 12.0. The van der Waals surface area contributed by atoms with Crippen LogP contribution < -0.4 is 10.6 Å². The molecule has 0 aliphatic rings. The van der Waals surface area contributed by atoms with E-state index in [0.29, 0.717) is 12.2 Å². The topological polar surface area (TPSA) is 71.8 Å². The quantitative estimate of drug-likeness (QED) is 0.862. The molecule has 2 rings (SSSR count). The monoisotopic (exact) mass is 273 g/mol. The minimum Gasteiger partial charge on any atom is -0.387 e. The van der Waals surface area contributed by atoms with E-state index in [0.717, 1.165) is 23.4 Å². The SMILES string of the molecule is CCc1nn(C)cc1CNC(=O)c1ccc(NC)cn1. The third kappa shape index (κ3) is 3.14. The van der Waals surface area contributed by atoms with Crippen LogP contribution in [0, 0.1) is 0 Å². The van der Waals surface area contributed by atoms with E-state index in [-0.39, 0.29) is 5.91 Å². The average molecular weight is 273 g/mol. The lowest BCUT2D eigenvalue weighted by Crippen LogP contribution is -2.24. The number of hydrogen-bond donors (Lipinski definition) is 2. The fourth-order valence-corrected chi connectivity index (χ4v) is 1.97. The van der Waals surface area contributed by atoms with Gasteiger partial charge in [-0.3, -0.25) is 9.48 Å². The molecule has 0 aromatic carbocycles. The van der Waals surface area contributed by atoms with Gasteiger partial charge in [-0.15, -0.1) is 0 Å². The molecule has 0 aliphatic heterocycles. The van der Waals surface area contributed by atoms with E-state index in [2.05, 4.69) is 20.7 Å². The van der Waals surface area contributed by atoms with Crippen LogP contribution in [0.25, 0.3) is 0 Å². The standard InChI is InChI=1S/C14H19N5O/c1-4-12-10(9-19(3)18-12)7-17-14(20)13-6-5-11(15-2)8-16-13/h5-6,8-9,15H,4,7H2,1-3H3,(H,17,20). The molecule has 2 aromatic heterocycles. The number of amides is 1. The van der Waals surface area contributed by atoms with E-state index in [9.17, 15) is 4.79 Å². The zero-order valence-electron chi connectivity index (χ0n) is 12.0. The number of aryl methyl sites for hydroxylation is 2. The summed E-state index contributed by atoms with van der Waals surface area (Å²) in [4.78, 5) is 16.1. The molecule has 6 heteroatoms. The number of rotatable bonds is 5. The Morgan fingerprint density at radius 1 is 1.40 bits per heavy atom. The minimum atomic E-state index is -0.182. The molecule has 0 aliphatic carbocycles. The lowest BCUT2D eigenvalue weighted by molar-refractivity contribution is 0.0946. The molecule has 2 N–H and O–H groups in total. The van der Waals surface area contributed by atoms with Crippen molar-refractivity contribution in [2.75, 3.05) is 12.4 Å². The smallest absolute Gasteiger partial charge is 0.270 e. The summed E-state index contributed by atoms with van der Waals surface area (Å²) in [5.74, 6) is -0.182. The molecule has 0 spiro atoms. The molecule has 20 heavy (non-hydrogen) atoms. The Balaban J connectivity index is 2.00. The first-order chi connectivity index (χ1) is 9.63. The molecule has 0 bridgehead atoms. The molecule has 0 unspecified atom stereocenters. The largest absolute Gasteiger partial charge is 0.387 e. The van der Waals surface area contributed by atoms with Crippen LogP contribution in [0.1, 0.15) is 28.7 Å². The predicted octanol–water partition coefficient (Wildman–Crippen LogP) is 1.35. The van der Waals surface area contributed by atoms with Gasteiger partial charge < -0.3 is 10.6 Å². The Hall–Kier alpha value is -2.37. The van der Waals surface area contributed by atoms with E-state index in [1.807, 2.05) is 33.3 Å². The summed E-state index contributed by atoms with van der Waals surface area (Å²) in [5.41, 5.74) is 3.33. The summed E-state index contributed by atoms with van der Waals surface area (Å²) in [6.45, 7) is 2.51. The molecule has 0 radical (unpaired) electrons. The van der Waals surface area contributed by atoms with Crippen LogP contribution in [0.4, 0.5) is 5.69 Å². The van der Waals surface area contributed by atoms with Gasteiger partial charge in [-0.25, -0.2) is 4.98 Å². The lowest BCUT2D eigenvalue weighted by atomic mass is 10.2. The van der Waals surface area contributed by atoms with Crippen LogP contribution in [-0.2, 0) is 20.0 Å². The van der Waals surface area contributed by atoms with Crippen molar-refractivity contribution in [1.82, 2.24) is 20.1 Å². The molecule has 0 fully saturated rings. The third-order valence-electron chi connectivity index (χ3n) is 3.05. The van der Waals surface area contributed by atoms with E-state index in [1.54, 1.807) is 16.9 Å². The molecule has 2 heterocycles. The van der Waals surface area contributed by atoms with Gasteiger partial charge in [0.05, 0.1) is 17.6 Å². The number of carbonyl (C=O) groups is 1. The van der Waals surface area contributed by atoms with Crippen molar-refractivity contribution in [3.8, 4) is 0 Å². The van der Waals surface area contributed by atoms with E-state index in [1.165, 1.54) is 0 Å². The highest BCUT2D eigenvalue weighted by molar-refractivity contribution is 5.92. The zero-order chi connectivity index (χ0) is 14.5. The van der Waals surface area contributed by atoms with Crippen molar-refractivity contribution in [2.24, 2.45) is 7.05 Å². The van der Waals surface area contributed by atoms with Crippen molar-refractivity contribution < 1.29 is 4.79 Å². The number of aromatic nitrogens is 3. The number of carbonyl (C=O) groups excluding carboxylic acids is 1. The highest BCUT2D eigenvalue weighted by Gasteiger charge is 2.10.